The van der Waals surface area contributed by atoms with E-state index in [9.17, 15) is 19.3 Å². The van der Waals surface area contributed by atoms with E-state index in [4.69, 9.17) is 0 Å². The van der Waals surface area contributed by atoms with Gasteiger partial charge < -0.3 is 5.32 Å². The smallest absolute Gasteiger partial charge is 0.305 e. The summed E-state index contributed by atoms with van der Waals surface area (Å²) in [5, 5.41) is 13.1. The SMILES string of the molecule is Cc1c(F)c([N+](=O)[O-])cc2c1NC(=O)CC2. The zero-order chi connectivity index (χ0) is 11.9. The lowest BCUT2D eigenvalue weighted by molar-refractivity contribution is -0.387. The quantitative estimate of drug-likeness (QED) is 0.585. The molecule has 5 nitrogen and oxygen atoms in total. The average molecular weight is 224 g/mol. The van der Waals surface area contributed by atoms with Crippen molar-refractivity contribution >= 4 is 17.3 Å². The Labute approximate surface area is 90.4 Å². The summed E-state index contributed by atoms with van der Waals surface area (Å²) >= 11 is 0. The average Bonchev–Trinajstić information content (AvgIpc) is 2.23. The fourth-order valence-corrected chi connectivity index (χ4v) is 1.80. The molecule has 0 fully saturated rings. The first-order valence-corrected chi connectivity index (χ1v) is 4.77. The summed E-state index contributed by atoms with van der Waals surface area (Å²) in [6.45, 7) is 1.42. The number of hydrogen-bond donors (Lipinski definition) is 1. The topological polar surface area (TPSA) is 72.2 Å². The molecule has 0 radical (unpaired) electrons. The lowest BCUT2D eigenvalue weighted by Crippen LogP contribution is -2.20. The number of fused-ring (bicyclic) bond motifs is 1. The Kier molecular flexibility index (Phi) is 2.34. The summed E-state index contributed by atoms with van der Waals surface area (Å²) in [5.41, 5.74) is 0.578. The van der Waals surface area contributed by atoms with Crippen LogP contribution in [0.3, 0.4) is 0 Å². The number of nitro benzene ring substituents is 1. The van der Waals surface area contributed by atoms with Gasteiger partial charge in [-0.15, -0.1) is 0 Å². The molecule has 1 amide bonds. The Bertz CT molecular complexity index is 499. The number of hydrogen-bond acceptors (Lipinski definition) is 3. The lowest BCUT2D eigenvalue weighted by atomic mass is 9.98. The van der Waals surface area contributed by atoms with Gasteiger partial charge in [0.05, 0.1) is 10.6 Å². The molecule has 1 aromatic rings. The maximum atomic E-state index is 13.6. The van der Waals surface area contributed by atoms with Gasteiger partial charge in [0.2, 0.25) is 11.7 Å². The van der Waals surface area contributed by atoms with E-state index in [1.54, 1.807) is 0 Å². The third-order valence-electron chi connectivity index (χ3n) is 2.64. The van der Waals surface area contributed by atoms with Gasteiger partial charge in [-0.2, -0.15) is 4.39 Å². The molecule has 1 aromatic carbocycles. The molecule has 0 saturated carbocycles. The fraction of sp³-hybridized carbons (Fsp3) is 0.300. The van der Waals surface area contributed by atoms with Crippen LogP contribution in [0.25, 0.3) is 0 Å². The monoisotopic (exact) mass is 224 g/mol. The summed E-state index contributed by atoms with van der Waals surface area (Å²) in [5.74, 6) is -1.07. The van der Waals surface area contributed by atoms with Gasteiger partial charge in [0.25, 0.3) is 0 Å². The molecule has 6 heteroatoms. The molecule has 16 heavy (non-hydrogen) atoms. The summed E-state index contributed by atoms with van der Waals surface area (Å²) < 4.78 is 13.6. The van der Waals surface area contributed by atoms with Gasteiger partial charge >= 0.3 is 5.69 Å². The molecule has 0 aliphatic carbocycles. The molecule has 1 aliphatic rings. The van der Waals surface area contributed by atoms with Crippen LogP contribution in [0.2, 0.25) is 0 Å². The summed E-state index contributed by atoms with van der Waals surface area (Å²) in [6.07, 6.45) is 0.679. The predicted molar refractivity (Wildman–Crippen MR) is 54.7 cm³/mol. The lowest BCUT2D eigenvalue weighted by Gasteiger charge is -2.18. The Morgan fingerprint density at radius 3 is 2.81 bits per heavy atom. The highest BCUT2D eigenvalue weighted by molar-refractivity contribution is 5.95. The number of nitrogens with one attached hydrogen (secondary N) is 1. The van der Waals surface area contributed by atoms with Gasteiger partial charge in [-0.25, -0.2) is 0 Å². The van der Waals surface area contributed by atoms with Crippen molar-refractivity contribution < 1.29 is 14.1 Å². The maximum absolute atomic E-state index is 13.6. The minimum absolute atomic E-state index is 0.122. The van der Waals surface area contributed by atoms with Crippen molar-refractivity contribution in [2.24, 2.45) is 0 Å². The zero-order valence-electron chi connectivity index (χ0n) is 8.54. The largest absolute Gasteiger partial charge is 0.325 e. The number of halogens is 1. The first-order chi connectivity index (χ1) is 7.50. The molecule has 1 aliphatic heterocycles. The van der Waals surface area contributed by atoms with Crippen molar-refractivity contribution in [3.05, 3.63) is 33.1 Å². The minimum atomic E-state index is -0.883. The van der Waals surface area contributed by atoms with E-state index >= 15 is 0 Å². The van der Waals surface area contributed by atoms with E-state index in [1.165, 1.54) is 13.0 Å². The fourth-order valence-electron chi connectivity index (χ4n) is 1.80. The summed E-state index contributed by atoms with van der Waals surface area (Å²) in [6, 6.07) is 1.19. The highest BCUT2D eigenvalue weighted by Crippen LogP contribution is 2.33. The van der Waals surface area contributed by atoms with Crippen LogP contribution in [-0.4, -0.2) is 10.8 Å². The minimum Gasteiger partial charge on any atom is -0.325 e. The molecule has 0 aromatic heterocycles. The van der Waals surface area contributed by atoms with E-state index < -0.39 is 16.4 Å². The molecule has 2 rings (SSSR count). The molecule has 0 spiro atoms. The molecular weight excluding hydrogens is 215 g/mol. The van der Waals surface area contributed by atoms with Crippen LogP contribution in [0, 0.1) is 22.9 Å². The molecular formula is C10H9FN2O3. The van der Waals surface area contributed by atoms with Gasteiger partial charge in [-0.05, 0) is 18.9 Å². The van der Waals surface area contributed by atoms with Crippen LogP contribution in [-0.2, 0) is 11.2 Å². The number of nitro groups is 1. The van der Waals surface area contributed by atoms with Gasteiger partial charge in [0.15, 0.2) is 0 Å². The summed E-state index contributed by atoms with van der Waals surface area (Å²) in [4.78, 5) is 21.0. The number of nitrogens with zero attached hydrogens (tertiary/aromatic N) is 1. The van der Waals surface area contributed by atoms with Crippen LogP contribution in [0.4, 0.5) is 15.8 Å². The van der Waals surface area contributed by atoms with Crippen molar-refractivity contribution in [3.8, 4) is 0 Å². The molecule has 0 atom stereocenters. The van der Waals surface area contributed by atoms with Gasteiger partial charge in [0, 0.05) is 18.1 Å². The second kappa shape index (κ2) is 3.55. The number of aryl methyl sites for hydroxylation is 1. The van der Waals surface area contributed by atoms with E-state index in [2.05, 4.69) is 5.32 Å². The van der Waals surface area contributed by atoms with Crippen molar-refractivity contribution in [1.82, 2.24) is 0 Å². The van der Waals surface area contributed by atoms with E-state index in [0.29, 0.717) is 17.7 Å². The second-order valence-corrected chi connectivity index (χ2v) is 3.67. The van der Waals surface area contributed by atoms with Gasteiger partial charge in [-0.1, -0.05) is 0 Å². The van der Waals surface area contributed by atoms with E-state index in [0.717, 1.165) is 0 Å². The number of carbonyl (C=O) groups is 1. The maximum Gasteiger partial charge on any atom is 0.305 e. The van der Waals surface area contributed by atoms with Crippen molar-refractivity contribution in [2.45, 2.75) is 19.8 Å². The number of rotatable bonds is 1. The zero-order valence-corrected chi connectivity index (χ0v) is 8.54. The van der Waals surface area contributed by atoms with E-state index in [1.807, 2.05) is 0 Å². The predicted octanol–water partition coefficient (Wildman–Crippen LogP) is 1.93. The Hall–Kier alpha value is -1.98. The Balaban J connectivity index is 2.63. The first-order valence-electron chi connectivity index (χ1n) is 4.77. The Morgan fingerprint density at radius 1 is 1.50 bits per heavy atom. The third kappa shape index (κ3) is 1.52. The Morgan fingerprint density at radius 2 is 2.19 bits per heavy atom. The number of anilines is 1. The van der Waals surface area contributed by atoms with Gasteiger partial charge in [-0.3, -0.25) is 14.9 Å². The third-order valence-corrected chi connectivity index (χ3v) is 2.64. The second-order valence-electron chi connectivity index (χ2n) is 3.67. The van der Waals surface area contributed by atoms with E-state index in [-0.39, 0.29) is 17.9 Å². The highest BCUT2D eigenvalue weighted by Gasteiger charge is 2.25. The highest BCUT2D eigenvalue weighted by atomic mass is 19.1. The van der Waals surface area contributed by atoms with Crippen molar-refractivity contribution in [3.63, 3.8) is 0 Å². The normalized spacial score (nSPS) is 14.2. The molecule has 1 N–H and O–H groups in total. The molecule has 0 unspecified atom stereocenters. The van der Waals surface area contributed by atoms with Crippen LogP contribution < -0.4 is 5.32 Å². The van der Waals surface area contributed by atoms with Gasteiger partial charge in [0.1, 0.15) is 0 Å². The van der Waals surface area contributed by atoms with Crippen molar-refractivity contribution in [1.29, 1.82) is 0 Å². The van der Waals surface area contributed by atoms with Crippen LogP contribution >= 0.6 is 0 Å². The van der Waals surface area contributed by atoms with Crippen LogP contribution in [0.15, 0.2) is 6.07 Å². The number of carbonyl (C=O) groups excluding carboxylic acids is 1. The van der Waals surface area contributed by atoms with Crippen molar-refractivity contribution in [2.75, 3.05) is 5.32 Å². The standard InChI is InChI=1S/C10H9FN2O3/c1-5-9(11)7(13(15)16)4-6-2-3-8(14)12-10(5)6/h4H,2-3H2,1H3,(H,12,14). The number of amides is 1. The summed E-state index contributed by atoms with van der Waals surface area (Å²) in [7, 11) is 0. The number of benzene rings is 1. The first kappa shape index (κ1) is 10.5. The van der Waals surface area contributed by atoms with Crippen LogP contribution in [0.1, 0.15) is 17.5 Å². The molecule has 0 bridgehead atoms. The molecule has 1 heterocycles. The molecule has 0 saturated heterocycles. The van der Waals surface area contributed by atoms with Crippen LogP contribution in [0.5, 0.6) is 0 Å². The molecule has 84 valence electrons.